The van der Waals surface area contributed by atoms with Crippen LogP contribution in [-0.4, -0.2) is 13.2 Å². The number of hydrogen-bond acceptors (Lipinski definition) is 2. The molecular weight excluding hydrogens is 116 g/mol. The number of nitrogens with zero attached hydrogens (tertiary/aromatic N) is 1. The Labute approximate surface area is 55.1 Å². The van der Waals surface area contributed by atoms with Gasteiger partial charge in [0.15, 0.2) is 0 Å². The van der Waals surface area contributed by atoms with Gasteiger partial charge in [-0.3, -0.25) is 0 Å². The van der Waals surface area contributed by atoms with Gasteiger partial charge in [0.25, 0.3) is 0 Å². The van der Waals surface area contributed by atoms with E-state index in [1.165, 1.54) is 0 Å². The summed E-state index contributed by atoms with van der Waals surface area (Å²) in [4.78, 5) is 0. The van der Waals surface area contributed by atoms with Gasteiger partial charge in [0, 0.05) is 5.92 Å². The van der Waals surface area contributed by atoms with E-state index in [1.807, 2.05) is 6.07 Å². The van der Waals surface area contributed by atoms with E-state index in [0.717, 1.165) is 0 Å². The van der Waals surface area contributed by atoms with E-state index in [9.17, 15) is 5.11 Å². The highest BCUT2D eigenvalue weighted by molar-refractivity contribution is 4.82. The fraction of sp³-hybridized carbons (Fsp3) is 0.833. The standard InChI is InChI=1S/C6H11N2O/c7-3-1-6(5-8)2-4-9/h6H,1-4,7H2. The second kappa shape index (κ2) is 5.54. The Bertz CT molecular complexity index is 91.7. The molecular formula is C6H11N2O. The summed E-state index contributed by atoms with van der Waals surface area (Å²) in [7, 11) is 0. The van der Waals surface area contributed by atoms with Crippen molar-refractivity contribution in [3.8, 4) is 6.07 Å². The molecule has 0 saturated heterocycles. The van der Waals surface area contributed by atoms with Crippen LogP contribution in [-0.2, 0) is 5.11 Å². The highest BCUT2D eigenvalue weighted by Gasteiger charge is 2.03. The van der Waals surface area contributed by atoms with Crippen LogP contribution in [0.2, 0.25) is 0 Å². The summed E-state index contributed by atoms with van der Waals surface area (Å²) in [6.45, 7) is 0.330. The predicted molar refractivity (Wildman–Crippen MR) is 32.9 cm³/mol. The smallest absolute Gasteiger partial charge is 0.0834 e. The average Bonchev–Trinajstić information content (AvgIpc) is 1.88. The molecule has 0 bridgehead atoms. The van der Waals surface area contributed by atoms with Crippen molar-refractivity contribution in [2.45, 2.75) is 12.8 Å². The predicted octanol–water partition coefficient (Wildman–Crippen LogP) is 0.296. The Morgan fingerprint density at radius 3 is 2.56 bits per heavy atom. The van der Waals surface area contributed by atoms with Gasteiger partial charge in [0.2, 0.25) is 0 Å². The van der Waals surface area contributed by atoms with Gasteiger partial charge in [-0.05, 0) is 19.4 Å². The first-order valence-electron chi connectivity index (χ1n) is 3.03. The van der Waals surface area contributed by atoms with E-state index >= 15 is 0 Å². The lowest BCUT2D eigenvalue weighted by atomic mass is 10.0. The molecule has 3 heteroatoms. The highest BCUT2D eigenvalue weighted by atomic mass is 16.3. The molecule has 0 rings (SSSR count). The van der Waals surface area contributed by atoms with Crippen molar-refractivity contribution in [1.29, 1.82) is 5.26 Å². The second-order valence-corrected chi connectivity index (χ2v) is 1.90. The van der Waals surface area contributed by atoms with E-state index in [4.69, 9.17) is 11.0 Å². The maximum Gasteiger partial charge on any atom is 0.0834 e. The van der Waals surface area contributed by atoms with Gasteiger partial charge in [-0.1, -0.05) is 0 Å². The van der Waals surface area contributed by atoms with Gasteiger partial charge in [-0.15, -0.1) is 0 Å². The zero-order valence-corrected chi connectivity index (χ0v) is 5.34. The lowest BCUT2D eigenvalue weighted by Crippen LogP contribution is -2.07. The average molecular weight is 127 g/mol. The van der Waals surface area contributed by atoms with Gasteiger partial charge in [0.1, 0.15) is 0 Å². The van der Waals surface area contributed by atoms with Crippen LogP contribution >= 0.6 is 0 Å². The molecule has 0 aromatic heterocycles. The third-order valence-electron chi connectivity index (χ3n) is 1.16. The summed E-state index contributed by atoms with van der Waals surface area (Å²) in [6, 6.07) is 2.02. The SMILES string of the molecule is N#CC(CCN)CC[O]. The molecule has 0 aromatic carbocycles. The minimum absolute atomic E-state index is 0.118. The van der Waals surface area contributed by atoms with E-state index in [0.29, 0.717) is 19.4 Å². The molecule has 2 N–H and O–H groups in total. The summed E-state index contributed by atoms with van der Waals surface area (Å²) in [6.07, 6.45) is 1.09. The van der Waals surface area contributed by atoms with Crippen molar-refractivity contribution in [1.82, 2.24) is 0 Å². The maximum atomic E-state index is 9.98. The van der Waals surface area contributed by atoms with Gasteiger partial charge in [0.05, 0.1) is 12.7 Å². The lowest BCUT2D eigenvalue weighted by Gasteiger charge is -2.01. The molecule has 0 aromatic rings. The van der Waals surface area contributed by atoms with Crippen LogP contribution in [0.4, 0.5) is 0 Å². The van der Waals surface area contributed by atoms with Gasteiger partial charge < -0.3 is 5.73 Å². The van der Waals surface area contributed by atoms with E-state index < -0.39 is 0 Å². The molecule has 1 radical (unpaired) electrons. The maximum absolute atomic E-state index is 9.98. The van der Waals surface area contributed by atoms with E-state index in [-0.39, 0.29) is 12.5 Å². The molecule has 0 fully saturated rings. The molecule has 51 valence electrons. The molecule has 0 saturated carbocycles. The third kappa shape index (κ3) is 3.95. The third-order valence-corrected chi connectivity index (χ3v) is 1.16. The van der Waals surface area contributed by atoms with Crippen LogP contribution < -0.4 is 5.73 Å². The van der Waals surface area contributed by atoms with Gasteiger partial charge >= 0.3 is 0 Å². The first-order valence-corrected chi connectivity index (χ1v) is 3.03. The molecule has 0 spiro atoms. The number of nitriles is 1. The Kier molecular flexibility index (Phi) is 5.18. The summed E-state index contributed by atoms with van der Waals surface area (Å²) >= 11 is 0. The van der Waals surface area contributed by atoms with Crippen LogP contribution in [0, 0.1) is 17.2 Å². The molecule has 1 atom stereocenters. The van der Waals surface area contributed by atoms with Crippen LogP contribution in [0.5, 0.6) is 0 Å². The van der Waals surface area contributed by atoms with Crippen molar-refractivity contribution in [2.24, 2.45) is 11.7 Å². The zero-order chi connectivity index (χ0) is 7.11. The largest absolute Gasteiger partial charge is 0.330 e. The summed E-state index contributed by atoms with van der Waals surface area (Å²) in [5.41, 5.74) is 5.18. The molecule has 0 heterocycles. The lowest BCUT2D eigenvalue weighted by molar-refractivity contribution is 0.177. The first kappa shape index (κ1) is 8.41. The zero-order valence-electron chi connectivity index (χ0n) is 5.34. The van der Waals surface area contributed by atoms with Crippen molar-refractivity contribution >= 4 is 0 Å². The van der Waals surface area contributed by atoms with Crippen LogP contribution in [0.15, 0.2) is 0 Å². The van der Waals surface area contributed by atoms with Crippen LogP contribution in [0.3, 0.4) is 0 Å². The summed E-state index contributed by atoms with van der Waals surface area (Å²) in [5, 5.41) is 18.3. The second-order valence-electron chi connectivity index (χ2n) is 1.90. The number of nitrogens with two attached hydrogens (primary N) is 1. The van der Waals surface area contributed by atoms with Gasteiger partial charge in [-0.2, -0.15) is 5.26 Å². The Hall–Kier alpha value is -0.590. The van der Waals surface area contributed by atoms with E-state index in [1.54, 1.807) is 0 Å². The topological polar surface area (TPSA) is 69.7 Å². The molecule has 0 aliphatic heterocycles. The molecule has 0 aliphatic carbocycles. The van der Waals surface area contributed by atoms with Crippen molar-refractivity contribution in [2.75, 3.05) is 13.2 Å². The molecule has 0 amide bonds. The van der Waals surface area contributed by atoms with Crippen LogP contribution in [0.25, 0.3) is 0 Å². The minimum Gasteiger partial charge on any atom is -0.330 e. The minimum atomic E-state index is -0.168. The Balaban J connectivity index is 3.32. The molecule has 9 heavy (non-hydrogen) atoms. The quantitative estimate of drug-likeness (QED) is 0.589. The number of hydrogen-bond donors (Lipinski definition) is 1. The van der Waals surface area contributed by atoms with E-state index in [2.05, 4.69) is 0 Å². The van der Waals surface area contributed by atoms with Gasteiger partial charge in [-0.25, -0.2) is 5.11 Å². The number of rotatable bonds is 4. The fourth-order valence-electron chi connectivity index (χ4n) is 0.617. The molecule has 1 unspecified atom stereocenters. The monoisotopic (exact) mass is 127 g/mol. The van der Waals surface area contributed by atoms with Crippen LogP contribution in [0.1, 0.15) is 12.8 Å². The first-order chi connectivity index (χ1) is 4.35. The summed E-state index contributed by atoms with van der Waals surface area (Å²) in [5.74, 6) is -0.118. The Morgan fingerprint density at radius 1 is 1.56 bits per heavy atom. The fourth-order valence-corrected chi connectivity index (χ4v) is 0.617. The molecule has 3 nitrogen and oxygen atoms in total. The summed E-state index contributed by atoms with van der Waals surface area (Å²) < 4.78 is 0. The van der Waals surface area contributed by atoms with Crippen molar-refractivity contribution < 1.29 is 5.11 Å². The normalized spacial score (nSPS) is 12.6. The molecule has 0 aliphatic rings. The van der Waals surface area contributed by atoms with Crippen molar-refractivity contribution in [3.63, 3.8) is 0 Å². The van der Waals surface area contributed by atoms with Crippen molar-refractivity contribution in [3.05, 3.63) is 0 Å². The highest BCUT2D eigenvalue weighted by Crippen LogP contribution is 2.03. The Morgan fingerprint density at radius 2 is 2.22 bits per heavy atom.